The van der Waals surface area contributed by atoms with Crippen LogP contribution in [0.3, 0.4) is 0 Å². The highest BCUT2D eigenvalue weighted by Gasteiger charge is 2.01. The van der Waals surface area contributed by atoms with Gasteiger partial charge >= 0.3 is 0 Å². The lowest BCUT2D eigenvalue weighted by Gasteiger charge is -2.00. The molecule has 2 rings (SSSR count). The smallest absolute Gasteiger partial charge is 0.172 e. The first-order valence-corrected chi connectivity index (χ1v) is 4.71. The molecule has 0 unspecified atom stereocenters. The number of hydrogen-bond donors (Lipinski definition) is 0. The van der Waals surface area contributed by atoms with Crippen molar-refractivity contribution in [1.29, 1.82) is 0 Å². The highest BCUT2D eigenvalue weighted by molar-refractivity contribution is 6.16. The number of hydrogen-bond acceptors (Lipinski definition) is 3. The van der Waals surface area contributed by atoms with E-state index in [1.807, 2.05) is 13.1 Å². The van der Waals surface area contributed by atoms with Crippen LogP contribution in [0.1, 0.15) is 11.3 Å². The van der Waals surface area contributed by atoms with Crippen molar-refractivity contribution >= 4 is 11.6 Å². The second-order valence-electron chi connectivity index (χ2n) is 2.96. The van der Waals surface area contributed by atoms with Gasteiger partial charge in [-0.1, -0.05) is 0 Å². The second-order valence-corrected chi connectivity index (χ2v) is 3.23. The maximum atomic E-state index is 5.66. The third-order valence-electron chi connectivity index (χ3n) is 1.76. The molecule has 0 aliphatic rings. The number of aromatic nitrogens is 4. The lowest BCUT2D eigenvalue weighted by Crippen LogP contribution is -2.00. The Balaban J connectivity index is 2.41. The van der Waals surface area contributed by atoms with Gasteiger partial charge in [0.05, 0.1) is 24.0 Å². The molecule has 0 spiro atoms. The molecule has 0 fully saturated rings. The van der Waals surface area contributed by atoms with Crippen LogP contribution >= 0.6 is 11.6 Å². The summed E-state index contributed by atoms with van der Waals surface area (Å²) in [7, 11) is 0. The van der Waals surface area contributed by atoms with Gasteiger partial charge in [0.25, 0.3) is 0 Å². The average Bonchev–Trinajstić information content (AvgIpc) is 2.65. The third kappa shape index (κ3) is 1.75. The van der Waals surface area contributed by atoms with Crippen LogP contribution in [-0.4, -0.2) is 19.7 Å². The first-order chi connectivity index (χ1) is 6.79. The van der Waals surface area contributed by atoms with Gasteiger partial charge < -0.3 is 0 Å². The molecule has 0 radical (unpaired) electrons. The topological polar surface area (TPSA) is 43.6 Å². The average molecular weight is 209 g/mol. The maximum absolute atomic E-state index is 5.66. The van der Waals surface area contributed by atoms with Crippen molar-refractivity contribution in [1.82, 2.24) is 19.7 Å². The molecule has 14 heavy (non-hydrogen) atoms. The van der Waals surface area contributed by atoms with Crippen LogP contribution in [0.5, 0.6) is 0 Å². The van der Waals surface area contributed by atoms with Crippen LogP contribution < -0.4 is 0 Å². The van der Waals surface area contributed by atoms with Crippen LogP contribution in [0, 0.1) is 6.92 Å². The third-order valence-corrected chi connectivity index (χ3v) is 2.03. The second kappa shape index (κ2) is 3.75. The Hall–Kier alpha value is -1.42. The van der Waals surface area contributed by atoms with Crippen molar-refractivity contribution in [3.05, 3.63) is 36.0 Å². The molecule has 4 nitrogen and oxygen atoms in total. The highest BCUT2D eigenvalue weighted by Crippen LogP contribution is 2.05. The Morgan fingerprint density at radius 3 is 2.86 bits per heavy atom. The molecule has 5 heteroatoms. The quantitative estimate of drug-likeness (QED) is 0.706. The van der Waals surface area contributed by atoms with Gasteiger partial charge in [-0.3, -0.25) is 4.98 Å². The molecule has 0 amide bonds. The van der Waals surface area contributed by atoms with Gasteiger partial charge in [-0.15, -0.1) is 11.6 Å². The number of nitrogens with zero attached hydrogens (tertiary/aromatic N) is 4. The first-order valence-electron chi connectivity index (χ1n) is 4.18. The molecular weight excluding hydrogens is 200 g/mol. The van der Waals surface area contributed by atoms with E-state index in [4.69, 9.17) is 11.6 Å². The van der Waals surface area contributed by atoms with Gasteiger partial charge in [0.1, 0.15) is 0 Å². The van der Waals surface area contributed by atoms with E-state index in [0.717, 1.165) is 11.3 Å². The summed E-state index contributed by atoms with van der Waals surface area (Å²) in [6.45, 7) is 1.97. The SMILES string of the molecule is Cc1cnn(-c2cncc(CCl)n2)c1. The van der Waals surface area contributed by atoms with Crippen molar-refractivity contribution in [2.75, 3.05) is 0 Å². The molecule has 2 aromatic heterocycles. The Bertz CT molecular complexity index is 438. The van der Waals surface area contributed by atoms with Crippen molar-refractivity contribution in [3.63, 3.8) is 0 Å². The van der Waals surface area contributed by atoms with Crippen molar-refractivity contribution in [3.8, 4) is 5.82 Å². The van der Waals surface area contributed by atoms with E-state index in [1.54, 1.807) is 23.3 Å². The van der Waals surface area contributed by atoms with Gasteiger partial charge in [-0.25, -0.2) is 9.67 Å². The van der Waals surface area contributed by atoms with E-state index in [-0.39, 0.29) is 0 Å². The number of rotatable bonds is 2. The van der Waals surface area contributed by atoms with E-state index in [1.165, 1.54) is 0 Å². The van der Waals surface area contributed by atoms with Crippen molar-refractivity contribution < 1.29 is 0 Å². The van der Waals surface area contributed by atoms with Crippen molar-refractivity contribution in [2.45, 2.75) is 12.8 Å². The fraction of sp³-hybridized carbons (Fsp3) is 0.222. The number of alkyl halides is 1. The summed E-state index contributed by atoms with van der Waals surface area (Å²) in [5.74, 6) is 1.05. The summed E-state index contributed by atoms with van der Waals surface area (Å²) in [4.78, 5) is 8.31. The summed E-state index contributed by atoms with van der Waals surface area (Å²) in [6, 6.07) is 0. The largest absolute Gasteiger partial charge is 0.259 e. The minimum Gasteiger partial charge on any atom is -0.259 e. The summed E-state index contributed by atoms with van der Waals surface area (Å²) >= 11 is 5.66. The lowest BCUT2D eigenvalue weighted by atomic mass is 10.4. The zero-order valence-corrected chi connectivity index (χ0v) is 8.44. The Labute approximate surface area is 86.6 Å². The van der Waals surface area contributed by atoms with E-state index < -0.39 is 0 Å². The van der Waals surface area contributed by atoms with Crippen LogP contribution in [0.15, 0.2) is 24.8 Å². The molecule has 0 aliphatic heterocycles. The minimum atomic E-state index is 0.362. The fourth-order valence-electron chi connectivity index (χ4n) is 1.11. The van der Waals surface area contributed by atoms with Crippen LogP contribution in [0.25, 0.3) is 5.82 Å². The molecule has 2 heterocycles. The first kappa shape index (κ1) is 9.15. The monoisotopic (exact) mass is 208 g/mol. The van der Waals surface area contributed by atoms with Gasteiger partial charge in [-0.05, 0) is 12.5 Å². The normalized spacial score (nSPS) is 10.4. The lowest BCUT2D eigenvalue weighted by molar-refractivity contribution is 0.828. The van der Waals surface area contributed by atoms with E-state index in [0.29, 0.717) is 11.7 Å². The summed E-state index contributed by atoms with van der Waals surface area (Å²) < 4.78 is 1.68. The summed E-state index contributed by atoms with van der Waals surface area (Å²) in [5, 5.41) is 4.13. The summed E-state index contributed by atoms with van der Waals surface area (Å²) in [6.07, 6.45) is 6.96. The van der Waals surface area contributed by atoms with Crippen LogP contribution in [-0.2, 0) is 5.88 Å². The molecule has 0 saturated carbocycles. The molecule has 0 aliphatic carbocycles. The minimum absolute atomic E-state index is 0.362. The molecule has 0 saturated heterocycles. The molecule has 0 aromatic carbocycles. The van der Waals surface area contributed by atoms with Gasteiger partial charge in [0, 0.05) is 12.4 Å². The van der Waals surface area contributed by atoms with E-state index in [9.17, 15) is 0 Å². The number of halogens is 1. The Morgan fingerprint density at radius 1 is 1.36 bits per heavy atom. The fourth-order valence-corrected chi connectivity index (χ4v) is 1.24. The number of aryl methyl sites for hydroxylation is 1. The van der Waals surface area contributed by atoms with Crippen LogP contribution in [0.2, 0.25) is 0 Å². The highest BCUT2D eigenvalue weighted by atomic mass is 35.5. The zero-order valence-electron chi connectivity index (χ0n) is 7.68. The molecule has 2 aromatic rings. The molecule has 0 atom stereocenters. The van der Waals surface area contributed by atoms with Crippen molar-refractivity contribution in [2.24, 2.45) is 0 Å². The standard InChI is InChI=1S/C9H9ClN4/c1-7-3-12-14(6-7)9-5-11-4-8(2-10)13-9/h3-6H,2H2,1H3. The van der Waals surface area contributed by atoms with Gasteiger partial charge in [0.15, 0.2) is 5.82 Å². The van der Waals surface area contributed by atoms with Crippen LogP contribution in [0.4, 0.5) is 0 Å². The van der Waals surface area contributed by atoms with E-state index in [2.05, 4.69) is 15.1 Å². The predicted molar refractivity (Wildman–Crippen MR) is 53.4 cm³/mol. The zero-order chi connectivity index (χ0) is 9.97. The Kier molecular flexibility index (Phi) is 2.45. The molecule has 0 bridgehead atoms. The van der Waals surface area contributed by atoms with Gasteiger partial charge in [-0.2, -0.15) is 5.10 Å². The molecule has 72 valence electrons. The van der Waals surface area contributed by atoms with Gasteiger partial charge in [0.2, 0.25) is 0 Å². The van der Waals surface area contributed by atoms with E-state index >= 15 is 0 Å². The maximum Gasteiger partial charge on any atom is 0.172 e. The Morgan fingerprint density at radius 2 is 2.21 bits per heavy atom. The predicted octanol–water partition coefficient (Wildman–Crippen LogP) is 1.71. The molecular formula is C9H9ClN4. The molecule has 0 N–H and O–H groups in total. The summed E-state index contributed by atoms with van der Waals surface area (Å²) in [5.41, 5.74) is 1.83.